The topological polar surface area (TPSA) is 114 Å². The Morgan fingerprint density at radius 2 is 0.500 bits per heavy atom. The van der Waals surface area contributed by atoms with Gasteiger partial charge in [0.25, 0.3) is 0 Å². The summed E-state index contributed by atoms with van der Waals surface area (Å²) in [5.41, 5.74) is 0. The quantitative estimate of drug-likeness (QED) is 0.0513. The van der Waals surface area contributed by atoms with Gasteiger partial charge in [-0.15, -0.1) is 0 Å². The summed E-state index contributed by atoms with van der Waals surface area (Å²) < 4.78 is 16.8. The third-order valence-electron chi connectivity index (χ3n) is 7.97. The summed E-state index contributed by atoms with van der Waals surface area (Å²) in [4.78, 5) is 20.4. The summed E-state index contributed by atoms with van der Waals surface area (Å²) in [7, 11) is -1.42. The fraction of sp³-hybridized carbons (Fsp3) is 0.944. The van der Waals surface area contributed by atoms with Gasteiger partial charge in [0.05, 0.1) is 0 Å². The van der Waals surface area contributed by atoms with E-state index in [1.807, 2.05) is 0 Å². The van der Waals surface area contributed by atoms with Gasteiger partial charge in [-0.3, -0.25) is 8.92 Å². The molecule has 256 valence electrons. The summed E-state index contributed by atoms with van der Waals surface area (Å²) in [5, 5.41) is 20.4. The van der Waals surface area contributed by atoms with Gasteiger partial charge in [0, 0.05) is 11.9 Å². The average molecular weight is 692 g/mol. The molecule has 0 bridgehead atoms. The van der Waals surface area contributed by atoms with E-state index in [2.05, 4.69) is 13.8 Å². The Morgan fingerprint density at radius 3 is 0.636 bits per heavy atom. The monoisotopic (exact) mass is 690 g/mol. The molecule has 0 aromatic rings. The molecule has 0 saturated carbocycles. The van der Waals surface area contributed by atoms with Crippen LogP contribution in [0.5, 0.6) is 0 Å². The number of hydrogen-bond acceptors (Lipinski definition) is 6. The van der Waals surface area contributed by atoms with Crippen LogP contribution in [0.4, 0.5) is 0 Å². The summed E-state index contributed by atoms with van der Waals surface area (Å²) in [6, 6.07) is 0. The van der Waals surface area contributed by atoms with E-state index in [0.717, 1.165) is 25.7 Å². The van der Waals surface area contributed by atoms with Gasteiger partial charge in [-0.05, 0) is 25.7 Å². The van der Waals surface area contributed by atoms with E-state index in [1.165, 1.54) is 167 Å². The molecule has 0 amide bonds. The summed E-state index contributed by atoms with van der Waals surface area (Å²) >= 11 is 0. The maximum atomic E-state index is 10.2. The van der Waals surface area contributed by atoms with Crippen LogP contribution in [-0.2, 0) is 38.0 Å². The Hall–Kier alpha value is -0.620. The molecule has 0 spiro atoms. The van der Waals surface area contributed by atoms with E-state index >= 15 is 0 Å². The summed E-state index contributed by atoms with van der Waals surface area (Å²) in [6.45, 7) is 4.53. The molecule has 6 nitrogen and oxygen atoms in total. The Balaban J connectivity index is -0.000000326. The minimum Gasteiger partial charge on any atom is -0.550 e. The maximum absolute atomic E-state index is 10.2. The molecule has 0 heterocycles. The van der Waals surface area contributed by atoms with Gasteiger partial charge in [0.15, 0.2) is 0 Å². The van der Waals surface area contributed by atoms with Gasteiger partial charge in [0.1, 0.15) is 0 Å². The zero-order valence-electron chi connectivity index (χ0n) is 29.3. The van der Waals surface area contributed by atoms with Crippen LogP contribution in [-0.4, -0.2) is 21.2 Å². The van der Waals surface area contributed by atoms with Gasteiger partial charge in [-0.25, -0.2) is 0 Å². The minimum atomic E-state index is -1.42. The molecular formula is C36H70O6SiZn. The van der Waals surface area contributed by atoms with Gasteiger partial charge >= 0.3 is 28.8 Å². The minimum absolute atomic E-state index is 0. The third kappa shape index (κ3) is 60.6. The number of rotatable bonds is 32. The number of hydrogen-bond donors (Lipinski definition) is 0. The molecule has 8 heteroatoms. The molecule has 0 saturated heterocycles. The van der Waals surface area contributed by atoms with E-state index in [0.29, 0.717) is 0 Å². The van der Waals surface area contributed by atoms with Crippen molar-refractivity contribution < 1.29 is 48.2 Å². The van der Waals surface area contributed by atoms with Gasteiger partial charge < -0.3 is 19.8 Å². The zero-order chi connectivity index (χ0) is 32.5. The molecule has 0 atom stereocenters. The molecule has 0 rings (SSSR count). The van der Waals surface area contributed by atoms with Crippen LogP contribution >= 0.6 is 0 Å². The van der Waals surface area contributed by atoms with Crippen LogP contribution in [0, 0.1) is 0 Å². The Morgan fingerprint density at radius 1 is 0.364 bits per heavy atom. The molecule has 0 aliphatic carbocycles. The van der Waals surface area contributed by atoms with E-state index < -0.39 is 21.2 Å². The number of carbonyl (C=O) groups is 2. The van der Waals surface area contributed by atoms with Gasteiger partial charge in [-0.2, -0.15) is 0 Å². The first-order valence-corrected chi connectivity index (χ1v) is 19.2. The molecule has 0 aliphatic rings. The van der Waals surface area contributed by atoms with Crippen molar-refractivity contribution in [3.63, 3.8) is 0 Å². The van der Waals surface area contributed by atoms with Crippen molar-refractivity contribution in [3.8, 4) is 0 Å². The molecule has 0 radical (unpaired) electrons. The zero-order valence-corrected chi connectivity index (χ0v) is 33.3. The molecular weight excluding hydrogens is 622 g/mol. The van der Waals surface area contributed by atoms with E-state index in [4.69, 9.17) is 8.92 Å². The van der Waals surface area contributed by atoms with Crippen molar-refractivity contribution in [2.45, 2.75) is 219 Å². The van der Waals surface area contributed by atoms with Crippen LogP contribution in [0.25, 0.3) is 0 Å². The van der Waals surface area contributed by atoms with Crippen molar-refractivity contribution in [2.24, 2.45) is 0 Å². The number of carboxylic acid groups (broad SMARTS) is 2. The molecule has 0 aromatic carbocycles. The predicted molar refractivity (Wildman–Crippen MR) is 176 cm³/mol. The second-order valence-corrected chi connectivity index (χ2v) is 12.4. The maximum Gasteiger partial charge on any atom is 2.00 e. The van der Waals surface area contributed by atoms with E-state index in [1.54, 1.807) is 0 Å². The van der Waals surface area contributed by atoms with Crippen molar-refractivity contribution >= 4 is 21.2 Å². The molecule has 0 unspecified atom stereocenters. The first-order chi connectivity index (χ1) is 21.0. The second kappa shape index (κ2) is 49.3. The first kappa shape index (κ1) is 50.2. The van der Waals surface area contributed by atoms with Crippen molar-refractivity contribution in [1.29, 1.82) is 0 Å². The normalized spacial score (nSPS) is 10.0. The van der Waals surface area contributed by atoms with Gasteiger partial charge in [0.2, 0.25) is 0 Å². The van der Waals surface area contributed by atoms with Crippen LogP contribution in [0.15, 0.2) is 0 Å². The molecule has 0 N–H and O–H groups in total. The van der Waals surface area contributed by atoms with Crippen molar-refractivity contribution in [2.75, 3.05) is 0 Å². The fourth-order valence-electron chi connectivity index (χ4n) is 5.28. The fourth-order valence-corrected chi connectivity index (χ4v) is 5.28. The van der Waals surface area contributed by atoms with Crippen LogP contribution in [0.2, 0.25) is 0 Å². The largest absolute Gasteiger partial charge is 2.00 e. The average Bonchev–Trinajstić information content (AvgIpc) is 2.97. The number of unbranched alkanes of at least 4 members (excludes halogenated alkanes) is 28. The smallest absolute Gasteiger partial charge is 0.550 e. The standard InChI is InChI=1S/2C18H36O2.O2Si.Zn/c2*1-2-3-4-5-6-7-8-9-10-11-12-13-14-15-16-17-18(19)20;1-3-2;/h2*2-17H2,1H3,(H,19,20);;/q;;;+2/p-2. The van der Waals surface area contributed by atoms with Gasteiger partial charge in [-0.1, -0.05) is 194 Å². The Bertz CT molecular complexity index is 541. The third-order valence-corrected chi connectivity index (χ3v) is 7.97. The van der Waals surface area contributed by atoms with Crippen LogP contribution < -0.4 is 10.2 Å². The molecule has 0 fully saturated rings. The van der Waals surface area contributed by atoms with E-state index in [-0.39, 0.29) is 32.3 Å². The first-order valence-electron chi connectivity index (χ1n) is 18.3. The molecule has 44 heavy (non-hydrogen) atoms. The second-order valence-electron chi connectivity index (χ2n) is 12.2. The predicted octanol–water partition coefficient (Wildman–Crippen LogP) is 9.37. The van der Waals surface area contributed by atoms with Crippen molar-refractivity contribution in [1.82, 2.24) is 0 Å². The van der Waals surface area contributed by atoms with Crippen molar-refractivity contribution in [3.05, 3.63) is 0 Å². The summed E-state index contributed by atoms with van der Waals surface area (Å²) in [5.74, 6) is -1.81. The Labute approximate surface area is 287 Å². The van der Waals surface area contributed by atoms with Crippen LogP contribution in [0.1, 0.15) is 219 Å². The summed E-state index contributed by atoms with van der Waals surface area (Å²) in [6.07, 6.45) is 39.7. The molecule has 0 aliphatic heterocycles. The Kier molecular flexibility index (Phi) is 56.3. The number of carboxylic acids is 2. The van der Waals surface area contributed by atoms with E-state index in [9.17, 15) is 19.8 Å². The number of carbonyl (C=O) groups excluding carboxylic acids is 2. The van der Waals surface area contributed by atoms with Crippen LogP contribution in [0.3, 0.4) is 0 Å². The number of aliphatic carboxylic acids is 2. The molecule has 0 aromatic heterocycles. The SMILES string of the molecule is CCCCCCCCCCCCCCCCCC(=O)[O-].CCCCCCCCCCCCCCCCCC(=O)[O-].O=[Si]=O.[Zn+2].